The minimum Gasteiger partial charge on any atom is -0.495 e. The average molecular weight is 654 g/mol. The Kier molecular flexibility index (Phi) is 11.1. The van der Waals surface area contributed by atoms with Crippen LogP contribution in [0.15, 0.2) is 85.1 Å². The van der Waals surface area contributed by atoms with Gasteiger partial charge in [-0.25, -0.2) is 9.59 Å². The summed E-state index contributed by atoms with van der Waals surface area (Å²) in [6, 6.07) is 19.5. The predicted octanol–water partition coefficient (Wildman–Crippen LogP) is 5.23. The molecule has 3 aromatic carbocycles. The van der Waals surface area contributed by atoms with Crippen molar-refractivity contribution in [1.29, 1.82) is 0 Å². The van der Waals surface area contributed by atoms with Crippen molar-refractivity contribution >= 4 is 46.8 Å². The molecule has 13 nitrogen and oxygen atoms in total. The minimum absolute atomic E-state index is 0.00381. The Balaban J connectivity index is 1.43. The van der Waals surface area contributed by atoms with Gasteiger partial charge < -0.3 is 35.4 Å². The standard InChI is InChI=1S/C35H35N5O8/c1-21-7-5-6-8-26(21)37-35(47)38-28-15-9-22(17-30(28)48-4)18-31(41)39(2)25-14-16-27(36-20-25)29(19-32(42)43)40(3)33(44)23-10-12-24(13-11-23)34(45)46/h5-17,20,29H,18-19H2,1-4H3,(H,42,43)(H,45,46)(H2,37,38,47). The highest BCUT2D eigenvalue weighted by molar-refractivity contribution is 6.01. The van der Waals surface area contributed by atoms with Crippen LogP contribution in [0.3, 0.4) is 0 Å². The lowest BCUT2D eigenvalue weighted by molar-refractivity contribution is -0.138. The summed E-state index contributed by atoms with van der Waals surface area (Å²) in [6.45, 7) is 1.88. The number of nitrogens with zero attached hydrogens (tertiary/aromatic N) is 3. The number of anilines is 3. The lowest BCUT2D eigenvalue weighted by Crippen LogP contribution is -2.33. The number of aryl methyl sites for hydroxylation is 1. The van der Waals surface area contributed by atoms with Crippen molar-refractivity contribution in [1.82, 2.24) is 9.88 Å². The van der Waals surface area contributed by atoms with Gasteiger partial charge in [0.05, 0.1) is 54.8 Å². The number of urea groups is 1. The second-order valence-corrected chi connectivity index (χ2v) is 10.9. The summed E-state index contributed by atoms with van der Waals surface area (Å²) in [6.07, 6.45) is 0.989. The maximum atomic E-state index is 13.2. The number of nitrogens with one attached hydrogen (secondary N) is 2. The summed E-state index contributed by atoms with van der Waals surface area (Å²) < 4.78 is 5.46. The average Bonchev–Trinajstić information content (AvgIpc) is 3.07. The van der Waals surface area contributed by atoms with Crippen molar-refractivity contribution in [2.24, 2.45) is 0 Å². The highest BCUT2D eigenvalue weighted by Gasteiger charge is 2.27. The van der Waals surface area contributed by atoms with E-state index >= 15 is 0 Å². The molecule has 13 heteroatoms. The van der Waals surface area contributed by atoms with Crippen LogP contribution in [0.5, 0.6) is 5.75 Å². The first-order valence-electron chi connectivity index (χ1n) is 14.7. The Bertz CT molecular complexity index is 1830. The molecule has 0 aliphatic carbocycles. The van der Waals surface area contributed by atoms with Gasteiger partial charge >= 0.3 is 18.0 Å². The molecule has 0 spiro atoms. The van der Waals surface area contributed by atoms with Crippen LogP contribution in [0.4, 0.5) is 21.9 Å². The van der Waals surface area contributed by atoms with Crippen molar-refractivity contribution in [2.45, 2.75) is 25.8 Å². The molecule has 0 aliphatic heterocycles. The molecule has 1 aromatic heterocycles. The molecule has 4 rings (SSSR count). The van der Waals surface area contributed by atoms with Crippen LogP contribution in [0.1, 0.15) is 50.0 Å². The van der Waals surface area contributed by atoms with Crippen LogP contribution in [-0.2, 0) is 16.0 Å². The fourth-order valence-electron chi connectivity index (χ4n) is 4.87. The quantitative estimate of drug-likeness (QED) is 0.159. The van der Waals surface area contributed by atoms with Gasteiger partial charge in [0.1, 0.15) is 5.75 Å². The normalized spacial score (nSPS) is 11.2. The number of carboxylic acids is 2. The molecular weight excluding hydrogens is 618 g/mol. The fraction of sp³-hybridized carbons (Fsp3) is 0.200. The molecule has 0 radical (unpaired) electrons. The first-order valence-corrected chi connectivity index (χ1v) is 14.7. The van der Waals surface area contributed by atoms with E-state index in [4.69, 9.17) is 9.84 Å². The molecule has 0 aliphatic rings. The Morgan fingerprint density at radius 3 is 2.12 bits per heavy atom. The predicted molar refractivity (Wildman–Crippen MR) is 179 cm³/mol. The monoisotopic (exact) mass is 653 g/mol. The maximum Gasteiger partial charge on any atom is 0.335 e. The van der Waals surface area contributed by atoms with E-state index in [-0.39, 0.29) is 23.5 Å². The van der Waals surface area contributed by atoms with Crippen molar-refractivity contribution in [3.8, 4) is 5.75 Å². The van der Waals surface area contributed by atoms with Crippen LogP contribution < -0.4 is 20.3 Å². The minimum atomic E-state index is -1.15. The topological polar surface area (TPSA) is 178 Å². The molecular formula is C35H35N5O8. The van der Waals surface area contributed by atoms with Gasteiger partial charge in [0.25, 0.3) is 5.91 Å². The van der Waals surface area contributed by atoms with E-state index < -0.39 is 36.3 Å². The number of likely N-dealkylation sites (N-methyl/N-ethyl adjacent to an activating group) is 1. The van der Waals surface area contributed by atoms with Gasteiger partial charge in [-0.05, 0) is 72.6 Å². The first kappa shape index (κ1) is 34.6. The van der Waals surface area contributed by atoms with E-state index in [1.807, 2.05) is 25.1 Å². The van der Waals surface area contributed by atoms with Gasteiger partial charge in [0.2, 0.25) is 5.91 Å². The highest BCUT2D eigenvalue weighted by atomic mass is 16.5. The van der Waals surface area contributed by atoms with Gasteiger partial charge in [0, 0.05) is 25.3 Å². The number of methoxy groups -OCH3 is 1. The number of aromatic nitrogens is 1. The lowest BCUT2D eigenvalue weighted by Gasteiger charge is -2.27. The van der Waals surface area contributed by atoms with Gasteiger partial charge in [-0.1, -0.05) is 24.3 Å². The molecule has 1 atom stereocenters. The van der Waals surface area contributed by atoms with E-state index in [0.717, 1.165) is 5.56 Å². The summed E-state index contributed by atoms with van der Waals surface area (Å²) >= 11 is 0. The second-order valence-electron chi connectivity index (χ2n) is 10.9. The van der Waals surface area contributed by atoms with E-state index in [1.165, 1.54) is 54.4 Å². The fourth-order valence-corrected chi connectivity index (χ4v) is 4.87. The van der Waals surface area contributed by atoms with Crippen LogP contribution in [-0.4, -0.2) is 71.1 Å². The number of benzene rings is 3. The van der Waals surface area contributed by atoms with Crippen molar-refractivity contribution < 1.29 is 38.9 Å². The Labute approximate surface area is 276 Å². The number of carbonyl (C=O) groups is 5. The van der Waals surface area contributed by atoms with E-state index in [1.54, 1.807) is 43.4 Å². The molecule has 0 saturated carbocycles. The number of carbonyl (C=O) groups excluding carboxylic acids is 3. The van der Waals surface area contributed by atoms with Crippen LogP contribution in [0.2, 0.25) is 0 Å². The Hall–Kier alpha value is -6.24. The van der Waals surface area contributed by atoms with Gasteiger partial charge in [-0.15, -0.1) is 0 Å². The molecule has 0 fully saturated rings. The molecule has 4 amide bonds. The number of hydrogen-bond acceptors (Lipinski definition) is 7. The van der Waals surface area contributed by atoms with Crippen LogP contribution in [0, 0.1) is 6.92 Å². The van der Waals surface area contributed by atoms with E-state index in [9.17, 15) is 29.1 Å². The third kappa shape index (κ3) is 8.51. The number of ether oxygens (including phenoxy) is 1. The summed E-state index contributed by atoms with van der Waals surface area (Å²) in [4.78, 5) is 68.8. The number of hydrogen-bond donors (Lipinski definition) is 4. The van der Waals surface area contributed by atoms with E-state index in [0.29, 0.717) is 34.1 Å². The molecule has 4 aromatic rings. The van der Waals surface area contributed by atoms with Gasteiger partial charge in [-0.2, -0.15) is 0 Å². The molecule has 1 unspecified atom stereocenters. The number of aliphatic carboxylic acids is 1. The molecule has 48 heavy (non-hydrogen) atoms. The largest absolute Gasteiger partial charge is 0.495 e. The number of rotatable bonds is 12. The van der Waals surface area contributed by atoms with Gasteiger partial charge in [-0.3, -0.25) is 19.4 Å². The highest BCUT2D eigenvalue weighted by Crippen LogP contribution is 2.28. The molecule has 248 valence electrons. The zero-order valence-corrected chi connectivity index (χ0v) is 26.8. The summed E-state index contributed by atoms with van der Waals surface area (Å²) in [7, 11) is 4.48. The summed E-state index contributed by atoms with van der Waals surface area (Å²) in [5, 5.41) is 24.2. The lowest BCUT2D eigenvalue weighted by atomic mass is 10.1. The van der Waals surface area contributed by atoms with Crippen molar-refractivity contribution in [2.75, 3.05) is 36.7 Å². The number of carboxylic acid groups (broad SMARTS) is 2. The molecule has 1 heterocycles. The summed E-state index contributed by atoms with van der Waals surface area (Å²) in [5.74, 6) is -2.70. The molecule has 0 bridgehead atoms. The van der Waals surface area contributed by atoms with Crippen LogP contribution in [0.25, 0.3) is 0 Å². The number of amides is 4. The first-order chi connectivity index (χ1) is 22.9. The zero-order valence-electron chi connectivity index (χ0n) is 26.8. The van der Waals surface area contributed by atoms with Gasteiger partial charge in [0.15, 0.2) is 0 Å². The molecule has 4 N–H and O–H groups in total. The zero-order chi connectivity index (χ0) is 35.0. The summed E-state index contributed by atoms with van der Waals surface area (Å²) in [5.41, 5.74) is 3.57. The Morgan fingerprint density at radius 2 is 1.52 bits per heavy atom. The maximum absolute atomic E-state index is 13.2. The van der Waals surface area contributed by atoms with Crippen molar-refractivity contribution in [3.05, 3.63) is 113 Å². The number of aromatic carboxylic acids is 1. The smallest absolute Gasteiger partial charge is 0.335 e. The van der Waals surface area contributed by atoms with E-state index in [2.05, 4.69) is 15.6 Å². The molecule has 0 saturated heterocycles. The van der Waals surface area contributed by atoms with Crippen LogP contribution >= 0.6 is 0 Å². The number of pyridine rings is 1. The number of para-hydroxylation sites is 1. The Morgan fingerprint density at radius 1 is 0.854 bits per heavy atom. The third-order valence-electron chi connectivity index (χ3n) is 7.67. The third-order valence-corrected chi connectivity index (χ3v) is 7.67. The SMILES string of the molecule is COc1cc(CC(=O)N(C)c2ccc(C(CC(=O)O)N(C)C(=O)c3ccc(C(=O)O)cc3)nc2)ccc1NC(=O)Nc1ccccc1C. The van der Waals surface area contributed by atoms with Crippen molar-refractivity contribution in [3.63, 3.8) is 0 Å². The second kappa shape index (κ2) is 15.4.